The van der Waals surface area contributed by atoms with Crippen LogP contribution in [0.25, 0.3) is 0 Å². The molecule has 13 nitrogen and oxygen atoms in total. The van der Waals surface area contributed by atoms with Crippen LogP contribution in [-0.2, 0) is 28.5 Å². The van der Waals surface area contributed by atoms with E-state index in [1.807, 2.05) is 26.8 Å². The molecule has 7 N–H and O–H groups in total. The quantitative estimate of drug-likeness (QED) is 0.0578. The van der Waals surface area contributed by atoms with Gasteiger partial charge in [0.25, 0.3) is 0 Å². The molecule has 322 valence electrons. The van der Waals surface area contributed by atoms with E-state index < -0.39 is 88.7 Å². The molecular weight excluding hydrogens is 736 g/mol. The Bertz CT molecular complexity index is 1650. The maximum atomic E-state index is 12.6. The summed E-state index contributed by atoms with van der Waals surface area (Å²) in [6.45, 7) is 21.9. The van der Waals surface area contributed by atoms with Crippen LogP contribution in [0.15, 0.2) is 35.6 Å². The summed E-state index contributed by atoms with van der Waals surface area (Å²) in [5, 5.41) is 77.5. The number of hydrogen-bond donors (Lipinski definition) is 7. The second-order valence-electron chi connectivity index (χ2n) is 20.4. The number of carboxylic acids is 1. The van der Waals surface area contributed by atoms with Gasteiger partial charge in [-0.15, -0.1) is 0 Å². The Morgan fingerprint density at radius 3 is 2.19 bits per heavy atom. The first-order valence-corrected chi connectivity index (χ1v) is 20.7. The van der Waals surface area contributed by atoms with Crippen molar-refractivity contribution in [3.05, 3.63) is 35.6 Å². The minimum absolute atomic E-state index is 0.0595. The molecule has 0 aromatic rings. The summed E-state index contributed by atoms with van der Waals surface area (Å²) in [5.74, 6) is -1.83. The molecule has 5 fully saturated rings. The predicted molar refractivity (Wildman–Crippen MR) is 208 cm³/mol. The van der Waals surface area contributed by atoms with Crippen molar-refractivity contribution >= 4 is 11.9 Å². The molecule has 1 saturated heterocycles. The number of esters is 1. The van der Waals surface area contributed by atoms with Crippen molar-refractivity contribution in [2.45, 2.75) is 162 Å². The third kappa shape index (κ3) is 6.65. The lowest BCUT2D eigenvalue weighted by atomic mass is 9.33. The van der Waals surface area contributed by atoms with Gasteiger partial charge >= 0.3 is 11.9 Å². The molecule has 0 aromatic carbocycles. The van der Waals surface area contributed by atoms with Crippen molar-refractivity contribution < 1.29 is 64.3 Å². The van der Waals surface area contributed by atoms with Crippen LogP contribution in [-0.4, -0.2) is 116 Å². The Labute approximate surface area is 337 Å². The number of fused-ring (bicyclic) bond motifs is 7. The Morgan fingerprint density at radius 1 is 0.930 bits per heavy atom. The number of carbonyl (C=O) groups is 2. The van der Waals surface area contributed by atoms with Gasteiger partial charge in [0, 0.05) is 17.8 Å². The van der Waals surface area contributed by atoms with Crippen molar-refractivity contribution in [1.29, 1.82) is 0 Å². The van der Waals surface area contributed by atoms with Gasteiger partial charge in [-0.1, -0.05) is 65.3 Å². The number of carbonyl (C=O) groups excluding carboxylic acids is 1. The van der Waals surface area contributed by atoms with Crippen molar-refractivity contribution in [1.82, 2.24) is 0 Å². The fraction of sp³-hybridized carbons (Fsp3) is 0.818. The van der Waals surface area contributed by atoms with Crippen molar-refractivity contribution in [2.24, 2.45) is 50.2 Å². The van der Waals surface area contributed by atoms with Gasteiger partial charge in [-0.3, -0.25) is 4.79 Å². The van der Waals surface area contributed by atoms with E-state index in [2.05, 4.69) is 47.3 Å². The monoisotopic (exact) mass is 804 g/mol. The van der Waals surface area contributed by atoms with Gasteiger partial charge in [0.1, 0.15) is 42.9 Å². The van der Waals surface area contributed by atoms with Crippen LogP contribution in [0.2, 0.25) is 0 Å². The summed E-state index contributed by atoms with van der Waals surface area (Å²) in [5.41, 5.74) is -1.59. The van der Waals surface area contributed by atoms with Gasteiger partial charge in [-0.25, -0.2) is 4.79 Å². The highest BCUT2D eigenvalue weighted by Gasteiger charge is 2.73. The van der Waals surface area contributed by atoms with E-state index in [-0.39, 0.29) is 41.8 Å². The lowest BCUT2D eigenvalue weighted by molar-refractivity contribution is -0.328. The largest absolute Gasteiger partial charge is 0.488 e. The number of carboxylic acid groups (broad SMARTS) is 1. The number of aliphatic carboxylic acids is 1. The van der Waals surface area contributed by atoms with Crippen molar-refractivity contribution in [2.75, 3.05) is 13.2 Å². The zero-order valence-electron chi connectivity index (χ0n) is 35.2. The topological polar surface area (TPSA) is 213 Å². The lowest BCUT2D eigenvalue weighted by Crippen LogP contribution is -2.72. The molecule has 0 aromatic heterocycles. The van der Waals surface area contributed by atoms with E-state index in [9.17, 15) is 45.3 Å². The minimum atomic E-state index is -1.84. The second kappa shape index (κ2) is 15.0. The predicted octanol–water partition coefficient (Wildman–Crippen LogP) is 4.02. The standard InChI is InChI=1S/C44H68O13/c1-22(2)17-23(3)55-36-35(51)44(21-54-24(4)46)26(18-39(36,5)6)25-11-12-28-40(7)15-14-30(56-38-33(50)31(48)32(49)34(57-38)37(52)53)41(8,20-45)27(40)13-16-42(28,9)43(25,10)19-29(44)47/h11,17,26-36,38,45,47-51H,3,12-16,18-21H2,1-2,4-10H3,(H,52,53)/t26-,27+,28+,29-,30-,31-,32-,33+,34-,35-,36-,38+,40-,41-,42+,43+,44-/m0/s1. The van der Waals surface area contributed by atoms with Gasteiger partial charge < -0.3 is 54.7 Å². The number of hydrogen-bond acceptors (Lipinski definition) is 12. The van der Waals surface area contributed by atoms with Gasteiger partial charge in [0.05, 0.1) is 24.2 Å². The third-order valence-electron chi connectivity index (χ3n) is 16.6. The van der Waals surface area contributed by atoms with Gasteiger partial charge in [-0.05, 0) is 98.9 Å². The minimum Gasteiger partial charge on any atom is -0.488 e. The van der Waals surface area contributed by atoms with Crippen LogP contribution >= 0.6 is 0 Å². The van der Waals surface area contributed by atoms with E-state index in [1.54, 1.807) is 0 Å². The van der Waals surface area contributed by atoms with Crippen LogP contribution in [0.5, 0.6) is 0 Å². The highest BCUT2D eigenvalue weighted by Crippen LogP contribution is 2.76. The molecular formula is C44H68O13. The zero-order chi connectivity index (χ0) is 42.4. The van der Waals surface area contributed by atoms with E-state index in [0.717, 1.165) is 18.4 Å². The Kier molecular flexibility index (Phi) is 11.6. The normalized spacial score (nSPS) is 48.8. The van der Waals surface area contributed by atoms with E-state index in [0.29, 0.717) is 37.9 Å². The fourth-order valence-electron chi connectivity index (χ4n) is 13.4. The third-order valence-corrected chi connectivity index (χ3v) is 16.6. The van der Waals surface area contributed by atoms with Crippen LogP contribution < -0.4 is 0 Å². The molecule has 1 heterocycles. The first-order chi connectivity index (χ1) is 26.4. The molecule has 5 aliphatic carbocycles. The van der Waals surface area contributed by atoms with Crippen LogP contribution in [0.1, 0.15) is 107 Å². The Morgan fingerprint density at radius 2 is 1.60 bits per heavy atom. The summed E-state index contributed by atoms with van der Waals surface area (Å²) in [6, 6.07) is 0. The molecule has 17 atom stereocenters. The molecule has 0 spiro atoms. The smallest absolute Gasteiger partial charge is 0.335 e. The molecule has 1 aliphatic heterocycles. The van der Waals surface area contributed by atoms with Gasteiger partial charge in [0.15, 0.2) is 12.4 Å². The summed E-state index contributed by atoms with van der Waals surface area (Å²) < 4.78 is 24.0. The van der Waals surface area contributed by atoms with Crippen LogP contribution in [0, 0.1) is 50.2 Å². The van der Waals surface area contributed by atoms with Gasteiger partial charge in [0.2, 0.25) is 0 Å². The number of aliphatic hydroxyl groups excluding tert-OH is 6. The average Bonchev–Trinajstić information content (AvgIpc) is 3.10. The Hall–Kier alpha value is -2.36. The van der Waals surface area contributed by atoms with Crippen LogP contribution in [0.3, 0.4) is 0 Å². The molecule has 57 heavy (non-hydrogen) atoms. The van der Waals surface area contributed by atoms with Crippen molar-refractivity contribution in [3.63, 3.8) is 0 Å². The SMILES string of the molecule is C=C(C=C(C)C)O[C@H]1[C@H](O)[C@]2(COC(C)=O)[C@@H](O)C[C@]3(C)C(=CC[C@@H]4[C@@]5(C)CC[C@H](O[C@@H]6O[C@H](C(=O)O)[C@@H](O)[C@H](O)[C@H]6O)[C@@](C)(CO)[C@@H]5CC[C@]43C)[C@@H]2CC1(C)C. The fourth-order valence-corrected chi connectivity index (χ4v) is 13.4. The molecule has 0 radical (unpaired) electrons. The highest BCUT2D eigenvalue weighted by molar-refractivity contribution is 5.73. The summed E-state index contributed by atoms with van der Waals surface area (Å²) in [4.78, 5) is 24.2. The summed E-state index contributed by atoms with van der Waals surface area (Å²) in [7, 11) is 0. The first kappa shape index (κ1) is 44.2. The van der Waals surface area contributed by atoms with E-state index in [1.165, 1.54) is 12.5 Å². The second-order valence-corrected chi connectivity index (χ2v) is 20.4. The molecule has 0 unspecified atom stereocenters. The van der Waals surface area contributed by atoms with E-state index >= 15 is 0 Å². The molecule has 4 saturated carbocycles. The summed E-state index contributed by atoms with van der Waals surface area (Å²) >= 11 is 0. The van der Waals surface area contributed by atoms with Crippen LogP contribution in [0.4, 0.5) is 0 Å². The first-order valence-electron chi connectivity index (χ1n) is 20.7. The summed E-state index contributed by atoms with van der Waals surface area (Å²) in [6.07, 6.45) is -3.86. The average molecular weight is 805 g/mol. The highest BCUT2D eigenvalue weighted by atomic mass is 16.7. The van der Waals surface area contributed by atoms with Gasteiger partial charge in [-0.2, -0.15) is 0 Å². The maximum absolute atomic E-state index is 12.6. The zero-order valence-corrected chi connectivity index (χ0v) is 35.2. The van der Waals surface area contributed by atoms with Crippen molar-refractivity contribution in [3.8, 4) is 0 Å². The maximum Gasteiger partial charge on any atom is 0.335 e. The number of allylic oxidation sites excluding steroid dienone is 4. The molecule has 0 amide bonds. The number of rotatable bonds is 9. The van der Waals surface area contributed by atoms with E-state index in [4.69, 9.17) is 18.9 Å². The molecule has 6 rings (SSSR count). The molecule has 0 bridgehead atoms. The molecule has 13 heteroatoms. The molecule has 6 aliphatic rings. The number of ether oxygens (including phenoxy) is 4. The number of aliphatic hydroxyl groups is 6. The Balaban J connectivity index is 1.35. The lowest BCUT2D eigenvalue weighted by Gasteiger charge is -2.72.